The van der Waals surface area contributed by atoms with Crippen molar-refractivity contribution in [1.82, 2.24) is 0 Å². The first-order valence-corrected chi connectivity index (χ1v) is 14.9. The van der Waals surface area contributed by atoms with Gasteiger partial charge in [0, 0.05) is 6.42 Å². The molecule has 2 aliphatic heterocycles. The Kier molecular flexibility index (Phi) is 13.3. The van der Waals surface area contributed by atoms with Crippen molar-refractivity contribution >= 4 is 7.82 Å². The quantitative estimate of drug-likeness (QED) is 0.118. The number of phosphoric ester groups is 1. The van der Waals surface area contributed by atoms with Crippen molar-refractivity contribution in [3.05, 3.63) is 0 Å². The number of piperidine rings is 1. The van der Waals surface area contributed by atoms with Crippen molar-refractivity contribution in [2.24, 2.45) is 0 Å². The van der Waals surface area contributed by atoms with E-state index in [1.54, 1.807) is 0 Å². The number of unbranched alkanes of at least 4 members (excludes halogenated alkanes) is 15. The van der Waals surface area contributed by atoms with Gasteiger partial charge in [0.2, 0.25) is 6.23 Å². The maximum absolute atomic E-state index is 12.8. The molecule has 2 fully saturated rings. The highest BCUT2D eigenvalue weighted by atomic mass is 31.2. The summed E-state index contributed by atoms with van der Waals surface area (Å²) in [6.07, 6.45) is 23.2. The average Bonchev–Trinajstić information content (AvgIpc) is 2.73. The fraction of sp³-hybridized carbons (Fsp3) is 1.00. The molecule has 0 saturated carbocycles. The molecule has 5 nitrogen and oxygen atoms in total. The van der Waals surface area contributed by atoms with E-state index in [-0.39, 0.29) is 12.3 Å². The van der Waals surface area contributed by atoms with Crippen molar-refractivity contribution in [2.45, 2.75) is 135 Å². The molecule has 31 heavy (non-hydrogen) atoms. The van der Waals surface area contributed by atoms with Gasteiger partial charge in [0.1, 0.15) is 0 Å². The van der Waals surface area contributed by atoms with Gasteiger partial charge in [0.05, 0.1) is 39.8 Å². The third-order valence-corrected chi connectivity index (χ3v) is 8.60. The molecule has 3 atom stereocenters. The zero-order valence-corrected chi connectivity index (χ0v) is 21.7. The highest BCUT2D eigenvalue weighted by molar-refractivity contribution is 7.48. The summed E-state index contributed by atoms with van der Waals surface area (Å²) in [5.74, 6) is 0. The Balaban J connectivity index is 1.36. The first-order valence-electron chi connectivity index (χ1n) is 13.4. The summed E-state index contributed by atoms with van der Waals surface area (Å²) in [6.45, 7) is 3.75. The van der Waals surface area contributed by atoms with Gasteiger partial charge >= 0.3 is 7.82 Å². The summed E-state index contributed by atoms with van der Waals surface area (Å²) in [5, 5.41) is 0. The van der Waals surface area contributed by atoms with E-state index in [4.69, 9.17) is 13.6 Å². The fourth-order valence-corrected chi connectivity index (χ4v) is 6.48. The molecule has 3 unspecified atom stereocenters. The number of quaternary nitrogens is 1. The average molecular weight is 461 g/mol. The maximum Gasteiger partial charge on any atom is 0.479 e. The van der Waals surface area contributed by atoms with Crippen LogP contribution >= 0.6 is 7.82 Å². The molecule has 2 bridgehead atoms. The lowest BCUT2D eigenvalue weighted by Crippen LogP contribution is -2.58. The Morgan fingerprint density at radius 3 is 1.77 bits per heavy atom. The smallest absolute Gasteiger partial charge is 0.303 e. The Morgan fingerprint density at radius 2 is 1.26 bits per heavy atom. The SMILES string of the molecule is CCCCCCCCCCCCCCCCCCOP1(=O)OC2CC[N+](C)(C)C(C2)O1. The summed E-state index contributed by atoms with van der Waals surface area (Å²) in [5.41, 5.74) is 0. The van der Waals surface area contributed by atoms with E-state index < -0.39 is 7.82 Å². The molecule has 0 radical (unpaired) electrons. The van der Waals surface area contributed by atoms with E-state index in [1.165, 1.54) is 89.9 Å². The molecule has 2 aliphatic rings. The standard InChI is InChI=1S/C25H51NO4P/c1-4-5-6-7-8-9-10-11-12-13-14-15-16-17-18-19-22-28-31(27)29-24-20-21-26(2,3)25(23-24)30-31/h24-25H,4-23H2,1-3H3/q+1. The Hall–Kier alpha value is 0.0700. The Bertz CT molecular complexity index is 514. The number of nitrogens with zero attached hydrogens (tertiary/aromatic N) is 1. The van der Waals surface area contributed by atoms with Gasteiger partial charge in [-0.3, -0.25) is 9.05 Å². The summed E-state index contributed by atoms with van der Waals surface area (Å²) in [7, 11) is 0.886. The number of phosphoric acid groups is 1. The molecule has 6 heteroatoms. The lowest BCUT2D eigenvalue weighted by atomic mass is 10.0. The number of likely N-dealkylation sites (tertiary alicyclic amines) is 1. The number of hydrogen-bond donors (Lipinski definition) is 0. The minimum Gasteiger partial charge on any atom is -0.303 e. The van der Waals surface area contributed by atoms with Crippen LogP contribution in [-0.4, -0.2) is 44.1 Å². The first kappa shape index (κ1) is 27.3. The zero-order valence-electron chi connectivity index (χ0n) is 20.8. The molecule has 0 aliphatic carbocycles. The Labute approximate surface area is 192 Å². The van der Waals surface area contributed by atoms with Gasteiger partial charge < -0.3 is 4.48 Å². The molecule has 0 aromatic carbocycles. The first-order chi connectivity index (χ1) is 15.0. The molecule has 0 spiro atoms. The molecule has 0 amide bonds. The maximum atomic E-state index is 12.8. The fourth-order valence-electron chi connectivity index (χ4n) is 4.76. The topological polar surface area (TPSA) is 44.8 Å². The minimum atomic E-state index is -3.38. The molecule has 184 valence electrons. The highest BCUT2D eigenvalue weighted by Crippen LogP contribution is 2.58. The molecule has 0 aromatic rings. The second kappa shape index (κ2) is 15.1. The van der Waals surface area contributed by atoms with Gasteiger partial charge in [-0.2, -0.15) is 0 Å². The van der Waals surface area contributed by atoms with Crippen LogP contribution in [0, 0.1) is 0 Å². The van der Waals surface area contributed by atoms with Gasteiger partial charge in [-0.05, 0) is 6.42 Å². The van der Waals surface area contributed by atoms with Crippen molar-refractivity contribution in [1.29, 1.82) is 0 Å². The van der Waals surface area contributed by atoms with Crippen molar-refractivity contribution in [3.8, 4) is 0 Å². The molecule has 2 rings (SSSR count). The molecule has 2 heterocycles. The van der Waals surface area contributed by atoms with E-state index in [2.05, 4.69) is 21.0 Å². The number of rotatable bonds is 18. The van der Waals surface area contributed by atoms with E-state index in [0.29, 0.717) is 6.61 Å². The van der Waals surface area contributed by atoms with Crippen LogP contribution in [-0.2, 0) is 18.1 Å². The van der Waals surface area contributed by atoms with Crippen LogP contribution in [0.1, 0.15) is 122 Å². The predicted molar refractivity (Wildman–Crippen MR) is 129 cm³/mol. The van der Waals surface area contributed by atoms with Crippen LogP contribution in [0.15, 0.2) is 0 Å². The third kappa shape index (κ3) is 11.2. The Morgan fingerprint density at radius 1 is 0.774 bits per heavy atom. The van der Waals surface area contributed by atoms with Crippen LogP contribution in [0.4, 0.5) is 0 Å². The van der Waals surface area contributed by atoms with Gasteiger partial charge in [-0.25, -0.2) is 9.09 Å². The largest absolute Gasteiger partial charge is 0.479 e. The van der Waals surface area contributed by atoms with Crippen LogP contribution < -0.4 is 0 Å². The second-order valence-corrected chi connectivity index (χ2v) is 12.0. The molecule has 0 N–H and O–H groups in total. The molecule has 0 aromatic heterocycles. The van der Waals surface area contributed by atoms with Crippen LogP contribution in [0.3, 0.4) is 0 Å². The zero-order chi connectivity index (χ0) is 22.4. The van der Waals surface area contributed by atoms with Crippen LogP contribution in [0.5, 0.6) is 0 Å². The monoisotopic (exact) mass is 460 g/mol. The van der Waals surface area contributed by atoms with Gasteiger partial charge in [0.25, 0.3) is 0 Å². The lowest BCUT2D eigenvalue weighted by Gasteiger charge is -2.47. The summed E-state index contributed by atoms with van der Waals surface area (Å²) >= 11 is 0. The number of fused-ring (bicyclic) bond motifs is 2. The van der Waals surface area contributed by atoms with Gasteiger partial charge in [0.15, 0.2) is 0 Å². The molecular formula is C25H51NO4P+. The van der Waals surface area contributed by atoms with E-state index in [9.17, 15) is 4.57 Å². The predicted octanol–water partition coefficient (Wildman–Crippen LogP) is 7.98. The van der Waals surface area contributed by atoms with Crippen molar-refractivity contribution in [2.75, 3.05) is 27.2 Å². The van der Waals surface area contributed by atoms with Gasteiger partial charge in [-0.1, -0.05) is 103 Å². The normalized spacial score (nSPS) is 27.5. The van der Waals surface area contributed by atoms with Crippen molar-refractivity contribution in [3.63, 3.8) is 0 Å². The lowest BCUT2D eigenvalue weighted by molar-refractivity contribution is -0.941. The summed E-state index contributed by atoms with van der Waals surface area (Å²) in [4.78, 5) is 0. The van der Waals surface area contributed by atoms with Gasteiger partial charge in [-0.15, -0.1) is 0 Å². The minimum absolute atomic E-state index is 0.0292. The summed E-state index contributed by atoms with van der Waals surface area (Å²) < 4.78 is 30.6. The van der Waals surface area contributed by atoms with Crippen LogP contribution in [0.25, 0.3) is 0 Å². The number of hydrogen-bond acceptors (Lipinski definition) is 4. The molecule has 2 saturated heterocycles. The highest BCUT2D eigenvalue weighted by Gasteiger charge is 2.50. The second-order valence-electron chi connectivity index (χ2n) is 10.4. The third-order valence-electron chi connectivity index (χ3n) is 7.05. The molecular weight excluding hydrogens is 409 g/mol. The summed E-state index contributed by atoms with van der Waals surface area (Å²) in [6, 6.07) is 0. The van der Waals surface area contributed by atoms with E-state index >= 15 is 0 Å². The van der Waals surface area contributed by atoms with E-state index in [0.717, 1.165) is 36.7 Å². The van der Waals surface area contributed by atoms with Crippen LogP contribution in [0.2, 0.25) is 0 Å². The van der Waals surface area contributed by atoms with E-state index in [1.807, 2.05) is 0 Å². The van der Waals surface area contributed by atoms with Crippen molar-refractivity contribution < 1.29 is 22.6 Å².